The van der Waals surface area contributed by atoms with Gasteiger partial charge in [-0.1, -0.05) is 6.92 Å². The minimum atomic E-state index is 0.235. The number of halogens is 1. The van der Waals surface area contributed by atoms with Crippen LogP contribution in [0.3, 0.4) is 0 Å². The van der Waals surface area contributed by atoms with Crippen LogP contribution in [-0.2, 0) is 7.05 Å². The maximum absolute atomic E-state index is 4.25. The zero-order valence-electron chi connectivity index (χ0n) is 9.98. The first kappa shape index (κ1) is 12.8. The predicted octanol–water partition coefficient (Wildman–Crippen LogP) is 3.33. The molecule has 1 unspecified atom stereocenters. The number of hydrogen-bond acceptors (Lipinski definition) is 3. The van der Waals surface area contributed by atoms with Gasteiger partial charge in [0.1, 0.15) is 0 Å². The average molecular weight is 314 g/mol. The molecule has 92 valence electrons. The van der Waals surface area contributed by atoms with Crippen LogP contribution >= 0.6 is 27.3 Å². The lowest BCUT2D eigenvalue weighted by Gasteiger charge is -2.17. The van der Waals surface area contributed by atoms with Crippen molar-refractivity contribution in [3.63, 3.8) is 0 Å². The number of thiophene rings is 1. The summed E-state index contributed by atoms with van der Waals surface area (Å²) in [5.41, 5.74) is 1.20. The summed E-state index contributed by atoms with van der Waals surface area (Å²) >= 11 is 5.28. The molecule has 17 heavy (non-hydrogen) atoms. The first-order chi connectivity index (χ1) is 8.22. The van der Waals surface area contributed by atoms with Gasteiger partial charge < -0.3 is 5.32 Å². The van der Waals surface area contributed by atoms with Crippen LogP contribution < -0.4 is 5.32 Å². The van der Waals surface area contributed by atoms with E-state index in [4.69, 9.17) is 0 Å². The van der Waals surface area contributed by atoms with E-state index in [0.29, 0.717) is 0 Å². The molecule has 0 saturated carbocycles. The largest absolute Gasteiger partial charge is 0.304 e. The maximum Gasteiger partial charge on any atom is 0.0842 e. The molecule has 0 saturated heterocycles. The number of rotatable bonds is 5. The van der Waals surface area contributed by atoms with Crippen molar-refractivity contribution in [2.75, 3.05) is 6.54 Å². The van der Waals surface area contributed by atoms with Crippen LogP contribution in [0.4, 0.5) is 0 Å². The molecule has 5 heteroatoms. The molecule has 1 N–H and O–H groups in total. The van der Waals surface area contributed by atoms with E-state index in [9.17, 15) is 0 Å². The van der Waals surface area contributed by atoms with Crippen molar-refractivity contribution < 1.29 is 0 Å². The lowest BCUT2D eigenvalue weighted by atomic mass is 10.1. The number of aromatic nitrogens is 2. The number of nitrogens with zero attached hydrogens (tertiary/aromatic N) is 2. The molecule has 0 aliphatic heterocycles. The Morgan fingerprint density at radius 3 is 2.94 bits per heavy atom. The van der Waals surface area contributed by atoms with E-state index >= 15 is 0 Å². The van der Waals surface area contributed by atoms with E-state index in [0.717, 1.165) is 17.4 Å². The van der Waals surface area contributed by atoms with Crippen molar-refractivity contribution in [2.24, 2.45) is 7.05 Å². The predicted molar refractivity (Wildman–Crippen MR) is 75.4 cm³/mol. The van der Waals surface area contributed by atoms with E-state index in [2.05, 4.69) is 50.8 Å². The van der Waals surface area contributed by atoms with Crippen LogP contribution in [0.1, 0.15) is 30.0 Å². The Kier molecular flexibility index (Phi) is 4.36. The molecule has 0 aliphatic carbocycles. The summed E-state index contributed by atoms with van der Waals surface area (Å²) < 4.78 is 3.07. The molecule has 0 amide bonds. The molecule has 2 aromatic heterocycles. The maximum atomic E-state index is 4.25. The molecule has 0 aliphatic rings. The molecular weight excluding hydrogens is 298 g/mol. The van der Waals surface area contributed by atoms with Crippen LogP contribution in [0, 0.1) is 0 Å². The lowest BCUT2D eigenvalue weighted by Crippen LogP contribution is -2.24. The molecule has 1 atom stereocenters. The van der Waals surface area contributed by atoms with Crippen LogP contribution in [-0.4, -0.2) is 16.3 Å². The Labute approximate surface area is 114 Å². The van der Waals surface area contributed by atoms with Gasteiger partial charge in [-0.15, -0.1) is 11.3 Å². The SMILES string of the molecule is CCCNC(c1cc(Br)cs1)c1ccnn1C. The normalized spacial score (nSPS) is 12.9. The smallest absolute Gasteiger partial charge is 0.0842 e. The number of hydrogen-bond donors (Lipinski definition) is 1. The molecule has 0 bridgehead atoms. The van der Waals surface area contributed by atoms with Gasteiger partial charge in [-0.2, -0.15) is 5.10 Å². The Morgan fingerprint density at radius 1 is 1.59 bits per heavy atom. The van der Waals surface area contributed by atoms with Crippen molar-refractivity contribution in [2.45, 2.75) is 19.4 Å². The summed E-state index contributed by atoms with van der Waals surface area (Å²) in [5.74, 6) is 0. The van der Waals surface area contributed by atoms with Crippen LogP contribution in [0.2, 0.25) is 0 Å². The highest BCUT2D eigenvalue weighted by atomic mass is 79.9. The third-order valence-corrected chi connectivity index (χ3v) is 4.38. The van der Waals surface area contributed by atoms with Crippen LogP contribution in [0.15, 0.2) is 28.2 Å². The molecule has 0 spiro atoms. The Balaban J connectivity index is 2.28. The zero-order chi connectivity index (χ0) is 12.3. The van der Waals surface area contributed by atoms with E-state index in [1.807, 2.05) is 17.9 Å². The molecule has 2 aromatic rings. The highest BCUT2D eigenvalue weighted by Crippen LogP contribution is 2.29. The fourth-order valence-electron chi connectivity index (χ4n) is 1.79. The average Bonchev–Trinajstić information content (AvgIpc) is 2.90. The van der Waals surface area contributed by atoms with Crippen molar-refractivity contribution in [3.05, 3.63) is 38.8 Å². The monoisotopic (exact) mass is 313 g/mol. The Morgan fingerprint density at radius 2 is 2.41 bits per heavy atom. The van der Waals surface area contributed by atoms with Gasteiger partial charge >= 0.3 is 0 Å². The third-order valence-electron chi connectivity index (χ3n) is 2.63. The second-order valence-electron chi connectivity index (χ2n) is 3.93. The molecule has 2 rings (SSSR count). The first-order valence-corrected chi connectivity index (χ1v) is 7.35. The van der Waals surface area contributed by atoms with Gasteiger partial charge in [-0.05, 0) is 41.0 Å². The quantitative estimate of drug-likeness (QED) is 0.917. The minimum absolute atomic E-state index is 0.235. The van der Waals surface area contributed by atoms with E-state index in [-0.39, 0.29) is 6.04 Å². The molecular formula is C12H16BrN3S. The fourth-order valence-corrected chi connectivity index (χ4v) is 3.32. The molecule has 0 fully saturated rings. The number of aryl methyl sites for hydroxylation is 1. The highest BCUT2D eigenvalue weighted by Gasteiger charge is 2.18. The Hall–Kier alpha value is -0.650. The van der Waals surface area contributed by atoms with Crippen molar-refractivity contribution in [1.82, 2.24) is 15.1 Å². The standard InChI is InChI=1S/C12H16BrN3S/c1-3-5-14-12(10-4-6-15-16(10)2)11-7-9(13)8-17-11/h4,6-8,12,14H,3,5H2,1-2H3. The summed E-state index contributed by atoms with van der Waals surface area (Å²) in [6, 6.07) is 4.48. The summed E-state index contributed by atoms with van der Waals surface area (Å²) in [4.78, 5) is 1.31. The van der Waals surface area contributed by atoms with Gasteiger partial charge in [-0.3, -0.25) is 4.68 Å². The lowest BCUT2D eigenvalue weighted by molar-refractivity contribution is 0.559. The van der Waals surface area contributed by atoms with Gasteiger partial charge in [0.15, 0.2) is 0 Å². The van der Waals surface area contributed by atoms with E-state index in [1.165, 1.54) is 10.6 Å². The van der Waals surface area contributed by atoms with Crippen molar-refractivity contribution in [3.8, 4) is 0 Å². The minimum Gasteiger partial charge on any atom is -0.304 e. The van der Waals surface area contributed by atoms with Crippen molar-refractivity contribution in [1.29, 1.82) is 0 Å². The summed E-state index contributed by atoms with van der Waals surface area (Å²) in [6.45, 7) is 3.18. The first-order valence-electron chi connectivity index (χ1n) is 5.67. The summed E-state index contributed by atoms with van der Waals surface area (Å²) in [6.07, 6.45) is 2.97. The summed E-state index contributed by atoms with van der Waals surface area (Å²) in [5, 5.41) is 9.94. The molecule has 0 aromatic carbocycles. The fraction of sp³-hybridized carbons (Fsp3) is 0.417. The van der Waals surface area contributed by atoms with Gasteiger partial charge in [0.25, 0.3) is 0 Å². The van der Waals surface area contributed by atoms with Gasteiger partial charge in [0.05, 0.1) is 11.7 Å². The second kappa shape index (κ2) is 5.80. The van der Waals surface area contributed by atoms with Gasteiger partial charge in [0.2, 0.25) is 0 Å². The Bertz CT molecular complexity index is 478. The highest BCUT2D eigenvalue weighted by molar-refractivity contribution is 9.10. The van der Waals surface area contributed by atoms with E-state index < -0.39 is 0 Å². The van der Waals surface area contributed by atoms with Gasteiger partial charge in [-0.25, -0.2) is 0 Å². The molecule has 3 nitrogen and oxygen atoms in total. The number of nitrogens with one attached hydrogen (secondary N) is 1. The third kappa shape index (κ3) is 2.97. The summed E-state index contributed by atoms with van der Waals surface area (Å²) in [7, 11) is 1.98. The zero-order valence-corrected chi connectivity index (χ0v) is 12.4. The van der Waals surface area contributed by atoms with Gasteiger partial charge in [0, 0.05) is 28.0 Å². The van der Waals surface area contributed by atoms with E-state index in [1.54, 1.807) is 11.3 Å². The van der Waals surface area contributed by atoms with Crippen LogP contribution in [0.25, 0.3) is 0 Å². The van der Waals surface area contributed by atoms with Crippen molar-refractivity contribution >= 4 is 27.3 Å². The second-order valence-corrected chi connectivity index (χ2v) is 5.79. The van der Waals surface area contributed by atoms with Crippen LogP contribution in [0.5, 0.6) is 0 Å². The topological polar surface area (TPSA) is 29.9 Å². The molecule has 0 radical (unpaired) electrons. The molecule has 2 heterocycles.